The zero-order valence-corrected chi connectivity index (χ0v) is 20.0. The van der Waals surface area contributed by atoms with Crippen LogP contribution in [0.4, 0.5) is 0 Å². The predicted molar refractivity (Wildman–Crippen MR) is 117 cm³/mol. The molecule has 0 N–H and O–H groups in total. The molecule has 33 heavy (non-hydrogen) atoms. The molecule has 0 bridgehead atoms. The van der Waals surface area contributed by atoms with Crippen molar-refractivity contribution in [2.75, 3.05) is 113 Å². The first-order valence-corrected chi connectivity index (χ1v) is 11.7. The highest BCUT2D eigenvalue weighted by Gasteiger charge is 2.13. The Hall–Kier alpha value is -0.890. The molecule has 0 aromatic carbocycles. The molecule has 1 fully saturated rings. The number of methoxy groups -OCH3 is 1. The van der Waals surface area contributed by atoms with Crippen LogP contribution in [0.5, 0.6) is 0 Å². The van der Waals surface area contributed by atoms with Gasteiger partial charge in [0.25, 0.3) is 0 Å². The molecule has 1 heterocycles. The number of hydrogen-bond donors (Lipinski definition) is 0. The first-order valence-electron chi connectivity index (χ1n) is 11.7. The Morgan fingerprint density at radius 3 is 1.45 bits per heavy atom. The van der Waals surface area contributed by atoms with E-state index in [-0.39, 0.29) is 12.9 Å². The van der Waals surface area contributed by atoms with Crippen molar-refractivity contribution in [3.05, 3.63) is 0 Å². The maximum Gasteiger partial charge on any atom is 0.331 e. The zero-order valence-electron chi connectivity index (χ0n) is 20.0. The molecule has 1 unspecified atom stereocenters. The van der Waals surface area contributed by atoms with Gasteiger partial charge in [-0.05, 0) is 19.3 Å². The summed E-state index contributed by atoms with van der Waals surface area (Å²) in [6, 6.07) is 0. The van der Waals surface area contributed by atoms with E-state index in [1.54, 1.807) is 0 Å². The monoisotopic (exact) mass is 482 g/mol. The minimum atomic E-state index is -0.402. The number of rotatable bonds is 24. The predicted octanol–water partition coefficient (Wildman–Crippen LogP) is 0.819. The second-order valence-corrected chi connectivity index (χ2v) is 6.97. The normalized spacial score (nSPS) is 16.2. The Labute approximate surface area is 197 Å². The Morgan fingerprint density at radius 1 is 0.636 bits per heavy atom. The Balaban J connectivity index is 1.63. The molecule has 11 nitrogen and oxygen atoms in total. The van der Waals surface area contributed by atoms with Crippen molar-refractivity contribution in [1.29, 1.82) is 0 Å². The van der Waals surface area contributed by atoms with Crippen molar-refractivity contribution in [3.63, 3.8) is 0 Å². The summed E-state index contributed by atoms with van der Waals surface area (Å²) in [6.07, 6.45) is 3.19. The molecular weight excluding hydrogens is 440 g/mol. The first kappa shape index (κ1) is 30.1. The van der Waals surface area contributed by atoms with Gasteiger partial charge in [-0.15, -0.1) is 0 Å². The van der Waals surface area contributed by atoms with Gasteiger partial charge in [0.15, 0.2) is 6.29 Å². The van der Waals surface area contributed by atoms with Crippen LogP contribution in [0.2, 0.25) is 0 Å². The Bertz CT molecular complexity index is 419. The lowest BCUT2D eigenvalue weighted by molar-refractivity contribution is -0.169. The molecule has 0 amide bonds. The number of carbonyl (C=O) groups is 1. The average molecular weight is 483 g/mol. The quantitative estimate of drug-likeness (QED) is 0.144. The second-order valence-electron chi connectivity index (χ2n) is 6.97. The molecule has 196 valence electrons. The summed E-state index contributed by atoms with van der Waals surface area (Å²) in [5.74, 6) is -0.402. The van der Waals surface area contributed by atoms with Gasteiger partial charge in [0.2, 0.25) is 0 Å². The average Bonchev–Trinajstić information content (AvgIpc) is 2.85. The van der Waals surface area contributed by atoms with Gasteiger partial charge in [0, 0.05) is 6.61 Å². The standard InChI is InChI=1S/C22H42O11/c1-24-21(23)20-31-17-16-29-13-12-27-9-8-25-6-7-26-10-11-28-14-15-30-18-19-33-22-4-2-3-5-32-22/h22H,2-20H2,1H3. The van der Waals surface area contributed by atoms with Crippen LogP contribution < -0.4 is 0 Å². The third kappa shape index (κ3) is 21.4. The van der Waals surface area contributed by atoms with E-state index < -0.39 is 5.97 Å². The van der Waals surface area contributed by atoms with Crippen LogP contribution in [0.25, 0.3) is 0 Å². The van der Waals surface area contributed by atoms with Gasteiger partial charge in [-0.25, -0.2) is 4.79 Å². The van der Waals surface area contributed by atoms with E-state index in [0.29, 0.717) is 92.5 Å². The van der Waals surface area contributed by atoms with E-state index in [1.807, 2.05) is 0 Å². The van der Waals surface area contributed by atoms with Gasteiger partial charge in [0.1, 0.15) is 6.61 Å². The van der Waals surface area contributed by atoms with Crippen LogP contribution >= 0.6 is 0 Å². The highest BCUT2D eigenvalue weighted by atomic mass is 16.7. The van der Waals surface area contributed by atoms with Gasteiger partial charge in [-0.2, -0.15) is 0 Å². The Kier molecular flexibility index (Phi) is 22.1. The van der Waals surface area contributed by atoms with Crippen molar-refractivity contribution in [1.82, 2.24) is 0 Å². The molecule has 1 aliphatic rings. The van der Waals surface area contributed by atoms with Crippen molar-refractivity contribution in [3.8, 4) is 0 Å². The minimum Gasteiger partial charge on any atom is -0.467 e. The zero-order chi connectivity index (χ0) is 23.7. The van der Waals surface area contributed by atoms with E-state index in [1.165, 1.54) is 7.11 Å². The topological polar surface area (TPSA) is 109 Å². The van der Waals surface area contributed by atoms with Crippen molar-refractivity contribution in [2.24, 2.45) is 0 Å². The fourth-order valence-electron chi connectivity index (χ4n) is 2.62. The largest absolute Gasteiger partial charge is 0.467 e. The summed E-state index contributed by atoms with van der Waals surface area (Å²) in [5, 5.41) is 0. The van der Waals surface area contributed by atoms with Crippen molar-refractivity contribution >= 4 is 5.97 Å². The second kappa shape index (κ2) is 24.2. The maximum atomic E-state index is 10.8. The van der Waals surface area contributed by atoms with Crippen LogP contribution in [-0.2, 0) is 52.2 Å². The molecule has 1 atom stereocenters. The molecule has 11 heteroatoms. The summed E-state index contributed by atoms with van der Waals surface area (Å²) in [4.78, 5) is 10.8. The highest BCUT2D eigenvalue weighted by Crippen LogP contribution is 2.13. The van der Waals surface area contributed by atoms with E-state index in [2.05, 4.69) is 4.74 Å². The van der Waals surface area contributed by atoms with E-state index in [4.69, 9.17) is 42.6 Å². The van der Waals surface area contributed by atoms with E-state index >= 15 is 0 Å². The summed E-state index contributed by atoms with van der Waals surface area (Å²) >= 11 is 0. The lowest BCUT2D eigenvalue weighted by Gasteiger charge is -2.22. The number of esters is 1. The first-order chi connectivity index (χ1) is 16.3. The smallest absolute Gasteiger partial charge is 0.331 e. The third-order valence-corrected chi connectivity index (χ3v) is 4.35. The summed E-state index contributed by atoms with van der Waals surface area (Å²) in [7, 11) is 1.32. The van der Waals surface area contributed by atoms with Gasteiger partial charge in [-0.3, -0.25) is 0 Å². The van der Waals surface area contributed by atoms with Crippen molar-refractivity contribution < 1.29 is 52.2 Å². The summed E-state index contributed by atoms with van der Waals surface area (Å²) in [5.41, 5.74) is 0. The minimum absolute atomic E-state index is 0.0628. The van der Waals surface area contributed by atoms with Crippen LogP contribution in [0.3, 0.4) is 0 Å². The third-order valence-electron chi connectivity index (χ3n) is 4.35. The molecule has 1 aliphatic heterocycles. The molecule has 0 saturated carbocycles. The Morgan fingerprint density at radius 2 is 1.06 bits per heavy atom. The lowest BCUT2D eigenvalue weighted by Crippen LogP contribution is -2.24. The molecule has 0 aromatic rings. The molecule has 1 saturated heterocycles. The van der Waals surface area contributed by atoms with Gasteiger partial charge >= 0.3 is 5.97 Å². The fourth-order valence-corrected chi connectivity index (χ4v) is 2.62. The van der Waals surface area contributed by atoms with Gasteiger partial charge in [0.05, 0.1) is 99.6 Å². The van der Waals surface area contributed by atoms with Gasteiger partial charge < -0.3 is 47.4 Å². The number of ether oxygens (including phenoxy) is 10. The molecule has 0 spiro atoms. The maximum absolute atomic E-state index is 10.8. The van der Waals surface area contributed by atoms with Gasteiger partial charge in [-0.1, -0.05) is 0 Å². The molecular formula is C22H42O11. The highest BCUT2D eigenvalue weighted by molar-refractivity contribution is 5.70. The van der Waals surface area contributed by atoms with E-state index in [9.17, 15) is 4.79 Å². The van der Waals surface area contributed by atoms with Crippen LogP contribution in [0.15, 0.2) is 0 Å². The summed E-state index contributed by atoms with van der Waals surface area (Å²) in [6.45, 7) is 7.58. The lowest BCUT2D eigenvalue weighted by atomic mass is 10.2. The molecule has 0 radical (unpaired) electrons. The van der Waals surface area contributed by atoms with Crippen molar-refractivity contribution in [2.45, 2.75) is 25.6 Å². The number of carbonyl (C=O) groups excluding carboxylic acids is 1. The molecule has 0 aliphatic carbocycles. The van der Waals surface area contributed by atoms with Crippen LogP contribution in [0, 0.1) is 0 Å². The molecule has 1 rings (SSSR count). The van der Waals surface area contributed by atoms with Crippen LogP contribution in [-0.4, -0.2) is 125 Å². The summed E-state index contributed by atoms with van der Waals surface area (Å²) < 4.78 is 53.0. The number of hydrogen-bond acceptors (Lipinski definition) is 11. The fraction of sp³-hybridized carbons (Fsp3) is 0.955. The molecule has 0 aromatic heterocycles. The van der Waals surface area contributed by atoms with E-state index in [0.717, 1.165) is 25.9 Å². The SMILES string of the molecule is COC(=O)COCCOCCOCCOCCOCCOCCOCCOC1CCCCO1. The van der Waals surface area contributed by atoms with Crippen LogP contribution in [0.1, 0.15) is 19.3 Å².